The minimum Gasteiger partial charge on any atom is -0.490 e. The number of hydrogen-bond donors (Lipinski definition) is 2. The van der Waals surface area contributed by atoms with Gasteiger partial charge in [-0.15, -0.1) is 0 Å². The van der Waals surface area contributed by atoms with Gasteiger partial charge in [0.25, 0.3) is 0 Å². The Balaban J connectivity index is 1.40. The maximum Gasteiger partial charge on any atom is 0.163 e. The van der Waals surface area contributed by atoms with Crippen LogP contribution in [0.4, 0.5) is 0 Å². The number of aromatic nitrogens is 1. The molecular formula is C26H25Cl3N2O2. The van der Waals surface area contributed by atoms with E-state index in [1.807, 2.05) is 19.1 Å². The molecule has 0 saturated heterocycles. The molecule has 0 aliphatic carbocycles. The van der Waals surface area contributed by atoms with Crippen molar-refractivity contribution in [1.29, 1.82) is 0 Å². The van der Waals surface area contributed by atoms with Crippen molar-refractivity contribution < 1.29 is 9.47 Å². The van der Waals surface area contributed by atoms with Gasteiger partial charge in [-0.25, -0.2) is 0 Å². The monoisotopic (exact) mass is 502 g/mol. The lowest BCUT2D eigenvalue weighted by atomic mass is 10.1. The summed E-state index contributed by atoms with van der Waals surface area (Å²) in [6.07, 6.45) is 2.99. The van der Waals surface area contributed by atoms with Crippen molar-refractivity contribution in [3.63, 3.8) is 0 Å². The van der Waals surface area contributed by atoms with Crippen molar-refractivity contribution in [2.24, 2.45) is 0 Å². The fourth-order valence-electron chi connectivity index (χ4n) is 3.70. The van der Waals surface area contributed by atoms with Gasteiger partial charge in [0.05, 0.1) is 6.61 Å². The Labute approximate surface area is 208 Å². The highest BCUT2D eigenvalue weighted by molar-refractivity contribution is 6.36. The normalized spacial score (nSPS) is 11.2. The number of halogens is 3. The van der Waals surface area contributed by atoms with Gasteiger partial charge < -0.3 is 19.8 Å². The lowest BCUT2D eigenvalue weighted by molar-refractivity contribution is 0.269. The van der Waals surface area contributed by atoms with Crippen LogP contribution < -0.4 is 14.8 Å². The smallest absolute Gasteiger partial charge is 0.163 e. The number of hydrogen-bond acceptors (Lipinski definition) is 3. The van der Waals surface area contributed by atoms with Crippen LogP contribution in [0, 0.1) is 0 Å². The third-order valence-corrected chi connectivity index (χ3v) is 6.47. The number of ether oxygens (including phenoxy) is 2. The maximum absolute atomic E-state index is 6.57. The van der Waals surface area contributed by atoms with Crippen LogP contribution in [-0.4, -0.2) is 18.1 Å². The van der Waals surface area contributed by atoms with Gasteiger partial charge in [0.1, 0.15) is 6.61 Å². The molecule has 1 aromatic heterocycles. The van der Waals surface area contributed by atoms with Gasteiger partial charge in [0.15, 0.2) is 11.5 Å². The maximum atomic E-state index is 6.57. The van der Waals surface area contributed by atoms with Crippen molar-refractivity contribution in [1.82, 2.24) is 10.3 Å². The van der Waals surface area contributed by atoms with Gasteiger partial charge in [-0.3, -0.25) is 0 Å². The molecule has 33 heavy (non-hydrogen) atoms. The molecule has 0 fully saturated rings. The fraction of sp³-hybridized carbons (Fsp3) is 0.231. The second-order valence-corrected chi connectivity index (χ2v) is 8.82. The summed E-state index contributed by atoms with van der Waals surface area (Å²) in [6, 6.07) is 17.4. The zero-order valence-electron chi connectivity index (χ0n) is 18.3. The first-order valence-corrected chi connectivity index (χ1v) is 12.0. The summed E-state index contributed by atoms with van der Waals surface area (Å²) in [6.45, 7) is 4.11. The van der Waals surface area contributed by atoms with Crippen LogP contribution in [0.2, 0.25) is 15.1 Å². The summed E-state index contributed by atoms with van der Waals surface area (Å²) in [4.78, 5) is 3.32. The molecule has 4 rings (SSSR count). The van der Waals surface area contributed by atoms with Crippen LogP contribution in [0.25, 0.3) is 10.9 Å². The molecular weight excluding hydrogens is 479 g/mol. The Hall–Kier alpha value is -2.37. The Morgan fingerprint density at radius 1 is 0.848 bits per heavy atom. The molecule has 172 valence electrons. The van der Waals surface area contributed by atoms with Gasteiger partial charge in [-0.2, -0.15) is 0 Å². The van der Waals surface area contributed by atoms with Gasteiger partial charge >= 0.3 is 0 Å². The predicted octanol–water partition coefficient (Wildman–Crippen LogP) is 7.44. The van der Waals surface area contributed by atoms with Crippen molar-refractivity contribution in [3.8, 4) is 11.5 Å². The molecule has 7 heteroatoms. The number of para-hydroxylation sites is 1. The van der Waals surface area contributed by atoms with Crippen LogP contribution >= 0.6 is 34.8 Å². The van der Waals surface area contributed by atoms with Crippen molar-refractivity contribution >= 4 is 45.7 Å². The molecule has 0 radical (unpaired) electrons. The summed E-state index contributed by atoms with van der Waals surface area (Å²) in [7, 11) is 0. The molecule has 0 unspecified atom stereocenters. The van der Waals surface area contributed by atoms with Gasteiger partial charge in [-0.05, 0) is 55.3 Å². The third-order valence-electron chi connectivity index (χ3n) is 5.41. The molecule has 0 atom stereocenters. The Kier molecular flexibility index (Phi) is 8.05. The SMILES string of the molecule is CCOc1cc(CNCCc2c[nH]c3ccccc23)c(Cl)cc1OCc1c(Cl)cccc1Cl. The summed E-state index contributed by atoms with van der Waals surface area (Å²) in [5, 5.41) is 6.46. The fourth-order valence-corrected chi connectivity index (χ4v) is 4.43. The topological polar surface area (TPSA) is 46.3 Å². The standard InChI is InChI=1S/C26H25Cl3N2O2/c1-2-32-25-12-18(14-30-11-10-17-15-31-24-9-4-3-6-19(17)24)23(29)13-26(25)33-16-20-21(27)7-5-8-22(20)28/h3-9,12-13,15,30-31H,2,10-11,14,16H2,1H3. The second-order valence-electron chi connectivity index (χ2n) is 7.60. The highest BCUT2D eigenvalue weighted by atomic mass is 35.5. The van der Waals surface area contributed by atoms with Crippen LogP contribution in [0.5, 0.6) is 11.5 Å². The van der Waals surface area contributed by atoms with E-state index < -0.39 is 0 Å². The molecule has 0 saturated carbocycles. The average Bonchev–Trinajstić information content (AvgIpc) is 3.22. The Morgan fingerprint density at radius 3 is 2.39 bits per heavy atom. The van der Waals surface area contributed by atoms with Crippen molar-refractivity contribution in [2.45, 2.75) is 26.5 Å². The van der Waals surface area contributed by atoms with Crippen LogP contribution in [0.1, 0.15) is 23.6 Å². The number of fused-ring (bicyclic) bond motifs is 1. The summed E-state index contributed by atoms with van der Waals surface area (Å²) in [5.74, 6) is 1.19. The molecule has 0 spiro atoms. The third kappa shape index (κ3) is 5.77. The second kappa shape index (κ2) is 11.2. The van der Waals surface area contributed by atoms with Crippen LogP contribution in [0.15, 0.2) is 60.8 Å². The van der Waals surface area contributed by atoms with E-state index in [0.29, 0.717) is 39.7 Å². The molecule has 4 aromatic rings. The summed E-state index contributed by atoms with van der Waals surface area (Å²) < 4.78 is 11.8. The van der Waals surface area contributed by atoms with E-state index in [-0.39, 0.29) is 6.61 Å². The first kappa shape index (κ1) is 23.8. The number of rotatable bonds is 10. The molecule has 3 aromatic carbocycles. The van der Waals surface area contributed by atoms with Crippen molar-refractivity contribution in [2.75, 3.05) is 13.2 Å². The van der Waals surface area contributed by atoms with Crippen LogP contribution in [-0.2, 0) is 19.6 Å². The number of benzene rings is 3. The van der Waals surface area contributed by atoms with E-state index in [4.69, 9.17) is 44.3 Å². The summed E-state index contributed by atoms with van der Waals surface area (Å²) in [5.41, 5.74) is 4.12. The number of H-pyrrole nitrogens is 1. The minimum absolute atomic E-state index is 0.219. The van der Waals surface area contributed by atoms with E-state index >= 15 is 0 Å². The zero-order valence-corrected chi connectivity index (χ0v) is 20.5. The van der Waals surface area contributed by atoms with E-state index in [9.17, 15) is 0 Å². The van der Waals surface area contributed by atoms with E-state index in [0.717, 1.165) is 29.6 Å². The lowest BCUT2D eigenvalue weighted by Gasteiger charge is -2.16. The van der Waals surface area contributed by atoms with E-state index in [1.54, 1.807) is 24.3 Å². The summed E-state index contributed by atoms with van der Waals surface area (Å²) >= 11 is 19.1. The molecule has 4 nitrogen and oxygen atoms in total. The average molecular weight is 504 g/mol. The van der Waals surface area contributed by atoms with Crippen LogP contribution in [0.3, 0.4) is 0 Å². The molecule has 2 N–H and O–H groups in total. The van der Waals surface area contributed by atoms with E-state index in [1.165, 1.54) is 10.9 Å². The quantitative estimate of drug-likeness (QED) is 0.221. The predicted molar refractivity (Wildman–Crippen MR) is 137 cm³/mol. The Morgan fingerprint density at radius 2 is 1.61 bits per heavy atom. The molecule has 0 aliphatic heterocycles. The minimum atomic E-state index is 0.219. The van der Waals surface area contributed by atoms with Gasteiger partial charge in [0, 0.05) is 50.3 Å². The first-order chi connectivity index (χ1) is 16.1. The molecule has 0 bridgehead atoms. The highest BCUT2D eigenvalue weighted by Crippen LogP contribution is 2.35. The largest absolute Gasteiger partial charge is 0.490 e. The number of aromatic amines is 1. The van der Waals surface area contributed by atoms with Gasteiger partial charge in [0.2, 0.25) is 0 Å². The molecule has 0 amide bonds. The van der Waals surface area contributed by atoms with Gasteiger partial charge in [-0.1, -0.05) is 59.1 Å². The number of nitrogens with one attached hydrogen (secondary N) is 2. The first-order valence-electron chi connectivity index (χ1n) is 10.8. The molecule has 1 heterocycles. The van der Waals surface area contributed by atoms with Crippen molar-refractivity contribution in [3.05, 3.63) is 92.6 Å². The lowest BCUT2D eigenvalue weighted by Crippen LogP contribution is -2.17. The molecule has 0 aliphatic rings. The highest BCUT2D eigenvalue weighted by Gasteiger charge is 2.13. The van der Waals surface area contributed by atoms with E-state index in [2.05, 4.69) is 34.7 Å². The Bertz CT molecular complexity index is 1220. The zero-order chi connectivity index (χ0) is 23.2.